The van der Waals surface area contributed by atoms with Crippen LogP contribution in [0.1, 0.15) is 38.8 Å². The molecule has 0 aromatic heterocycles. The number of fused-ring (bicyclic) bond motifs is 3. The van der Waals surface area contributed by atoms with E-state index in [2.05, 4.69) is 209 Å². The third kappa shape index (κ3) is 5.27. The summed E-state index contributed by atoms with van der Waals surface area (Å²) in [5, 5.41) is 0. The zero-order chi connectivity index (χ0) is 33.6. The molecule has 0 atom stereocenters. The zero-order valence-corrected chi connectivity index (χ0v) is 28.7. The molecule has 49 heavy (non-hydrogen) atoms. The minimum absolute atomic E-state index is 0.0607. The summed E-state index contributed by atoms with van der Waals surface area (Å²) in [6, 6.07) is 64.0. The second kappa shape index (κ2) is 12.1. The monoisotopic (exact) mass is 631 g/mol. The summed E-state index contributed by atoms with van der Waals surface area (Å²) in [4.78, 5) is 2.34. The maximum atomic E-state index is 2.44. The standard InChI is InChI=1S/C48H41N/c1-47(2)44-22-14-21-42(46(44)43-32-27-38(33-45(43)48(47,3)4)35-17-10-6-11-18-35)37-25-30-41(31-26-37)49(39-19-12-7-13-20-39)40-28-23-36(24-29-40)34-15-8-5-9-16-34/h5-33H,1-4H3. The SMILES string of the molecule is CC1(C)c2cc(-c3ccccc3)ccc2-c2c(-c3ccc(N(c4ccccc4)c4ccc(-c5ccccc5)cc4)cc3)cccc2C1(C)C. The van der Waals surface area contributed by atoms with Crippen LogP contribution in [0.15, 0.2) is 176 Å². The van der Waals surface area contributed by atoms with Gasteiger partial charge in [-0.15, -0.1) is 0 Å². The lowest BCUT2D eigenvalue weighted by atomic mass is 9.54. The van der Waals surface area contributed by atoms with Crippen LogP contribution in [0.4, 0.5) is 17.1 Å². The second-order valence-electron chi connectivity index (χ2n) is 14.2. The van der Waals surface area contributed by atoms with Crippen LogP contribution >= 0.6 is 0 Å². The predicted octanol–water partition coefficient (Wildman–Crippen LogP) is 13.4. The lowest BCUT2D eigenvalue weighted by Gasteiger charge is -2.49. The lowest BCUT2D eigenvalue weighted by molar-refractivity contribution is 0.299. The van der Waals surface area contributed by atoms with Crippen molar-refractivity contribution >= 4 is 17.1 Å². The number of benzene rings is 7. The molecule has 7 aromatic rings. The molecule has 1 heteroatoms. The topological polar surface area (TPSA) is 3.24 Å². The summed E-state index contributed by atoms with van der Waals surface area (Å²) < 4.78 is 0. The molecule has 0 heterocycles. The van der Waals surface area contributed by atoms with Crippen LogP contribution < -0.4 is 4.90 Å². The molecule has 1 aliphatic carbocycles. The highest BCUT2D eigenvalue weighted by molar-refractivity contribution is 5.92. The largest absolute Gasteiger partial charge is 0.311 e. The van der Waals surface area contributed by atoms with E-state index in [1.807, 2.05) is 0 Å². The van der Waals surface area contributed by atoms with E-state index < -0.39 is 0 Å². The summed E-state index contributed by atoms with van der Waals surface area (Å²) in [7, 11) is 0. The van der Waals surface area contributed by atoms with E-state index in [1.54, 1.807) is 0 Å². The van der Waals surface area contributed by atoms with Crippen molar-refractivity contribution in [1.29, 1.82) is 0 Å². The van der Waals surface area contributed by atoms with E-state index in [9.17, 15) is 0 Å². The van der Waals surface area contributed by atoms with E-state index in [-0.39, 0.29) is 10.8 Å². The third-order valence-corrected chi connectivity index (χ3v) is 11.1. The minimum Gasteiger partial charge on any atom is -0.311 e. The number of rotatable bonds is 6. The number of nitrogens with zero attached hydrogens (tertiary/aromatic N) is 1. The van der Waals surface area contributed by atoms with E-state index >= 15 is 0 Å². The molecule has 1 nitrogen and oxygen atoms in total. The first-order valence-corrected chi connectivity index (χ1v) is 17.3. The van der Waals surface area contributed by atoms with Gasteiger partial charge in [-0.3, -0.25) is 0 Å². The quantitative estimate of drug-likeness (QED) is 0.176. The van der Waals surface area contributed by atoms with Gasteiger partial charge in [0.2, 0.25) is 0 Å². The van der Waals surface area contributed by atoms with Crippen molar-refractivity contribution in [3.05, 3.63) is 187 Å². The summed E-state index contributed by atoms with van der Waals surface area (Å²) in [6.07, 6.45) is 0. The molecule has 0 aliphatic heterocycles. The van der Waals surface area contributed by atoms with Crippen molar-refractivity contribution in [3.8, 4) is 44.5 Å². The average molecular weight is 632 g/mol. The summed E-state index contributed by atoms with van der Waals surface area (Å²) >= 11 is 0. The molecule has 0 saturated heterocycles. The highest BCUT2D eigenvalue weighted by Gasteiger charge is 2.46. The Morgan fingerprint density at radius 2 is 0.776 bits per heavy atom. The molecule has 8 rings (SSSR count). The fourth-order valence-corrected chi connectivity index (χ4v) is 7.61. The maximum Gasteiger partial charge on any atom is 0.0462 e. The van der Waals surface area contributed by atoms with Gasteiger partial charge < -0.3 is 4.90 Å². The van der Waals surface area contributed by atoms with Gasteiger partial charge in [0.05, 0.1) is 0 Å². The molecule has 0 saturated carbocycles. The normalized spacial score (nSPS) is 14.0. The molecule has 0 unspecified atom stereocenters. The average Bonchev–Trinajstić information content (AvgIpc) is 3.15. The Hall–Kier alpha value is -5.66. The smallest absolute Gasteiger partial charge is 0.0462 e. The van der Waals surface area contributed by atoms with Crippen LogP contribution in [0.2, 0.25) is 0 Å². The molecule has 238 valence electrons. The first-order valence-electron chi connectivity index (χ1n) is 17.3. The highest BCUT2D eigenvalue weighted by atomic mass is 15.1. The van der Waals surface area contributed by atoms with Gasteiger partial charge in [-0.2, -0.15) is 0 Å². The van der Waals surface area contributed by atoms with Crippen LogP contribution in [-0.2, 0) is 10.8 Å². The molecule has 0 radical (unpaired) electrons. The van der Waals surface area contributed by atoms with Crippen molar-refractivity contribution in [2.45, 2.75) is 38.5 Å². The van der Waals surface area contributed by atoms with Crippen molar-refractivity contribution in [1.82, 2.24) is 0 Å². The predicted molar refractivity (Wildman–Crippen MR) is 209 cm³/mol. The van der Waals surface area contributed by atoms with Gasteiger partial charge >= 0.3 is 0 Å². The molecule has 7 aromatic carbocycles. The lowest BCUT2D eigenvalue weighted by Crippen LogP contribution is -2.43. The first-order chi connectivity index (χ1) is 23.8. The van der Waals surface area contributed by atoms with E-state index in [0.29, 0.717) is 0 Å². The van der Waals surface area contributed by atoms with Gasteiger partial charge in [0.25, 0.3) is 0 Å². The Bertz CT molecular complexity index is 2230. The molecule has 0 spiro atoms. The van der Waals surface area contributed by atoms with Crippen molar-refractivity contribution in [2.75, 3.05) is 4.90 Å². The molecule has 0 fully saturated rings. The third-order valence-electron chi connectivity index (χ3n) is 11.1. The van der Waals surface area contributed by atoms with Crippen LogP contribution in [0.3, 0.4) is 0 Å². The molecule has 0 N–H and O–H groups in total. The first kappa shape index (κ1) is 30.7. The van der Waals surface area contributed by atoms with Crippen molar-refractivity contribution in [3.63, 3.8) is 0 Å². The summed E-state index contributed by atoms with van der Waals surface area (Å²) in [5.74, 6) is 0. The van der Waals surface area contributed by atoms with E-state index in [4.69, 9.17) is 0 Å². The number of hydrogen-bond acceptors (Lipinski definition) is 1. The molecule has 0 bridgehead atoms. The Kier molecular flexibility index (Phi) is 7.57. The molecular weight excluding hydrogens is 591 g/mol. The van der Waals surface area contributed by atoms with Crippen LogP contribution in [0.5, 0.6) is 0 Å². The van der Waals surface area contributed by atoms with E-state index in [1.165, 1.54) is 55.6 Å². The number of hydrogen-bond donors (Lipinski definition) is 0. The maximum absolute atomic E-state index is 2.44. The second-order valence-corrected chi connectivity index (χ2v) is 14.2. The minimum atomic E-state index is -0.0728. The van der Waals surface area contributed by atoms with Gasteiger partial charge in [0.15, 0.2) is 0 Å². The summed E-state index contributed by atoms with van der Waals surface area (Å²) in [5.41, 5.74) is 16.2. The molecule has 1 aliphatic rings. The fraction of sp³-hybridized carbons (Fsp3) is 0.125. The van der Waals surface area contributed by atoms with Crippen LogP contribution in [-0.4, -0.2) is 0 Å². The Labute approximate surface area is 291 Å². The van der Waals surface area contributed by atoms with Crippen LogP contribution in [0.25, 0.3) is 44.5 Å². The Morgan fingerprint density at radius 3 is 1.37 bits per heavy atom. The van der Waals surface area contributed by atoms with Crippen LogP contribution in [0, 0.1) is 0 Å². The molecular formula is C48H41N. The van der Waals surface area contributed by atoms with Crippen molar-refractivity contribution in [2.24, 2.45) is 0 Å². The van der Waals surface area contributed by atoms with Gasteiger partial charge in [0, 0.05) is 17.1 Å². The van der Waals surface area contributed by atoms with Gasteiger partial charge in [0.1, 0.15) is 0 Å². The van der Waals surface area contributed by atoms with E-state index in [0.717, 1.165) is 17.1 Å². The zero-order valence-electron chi connectivity index (χ0n) is 28.7. The Morgan fingerprint density at radius 1 is 0.327 bits per heavy atom. The van der Waals surface area contributed by atoms with Gasteiger partial charge in [-0.1, -0.05) is 161 Å². The van der Waals surface area contributed by atoms with Crippen molar-refractivity contribution < 1.29 is 0 Å². The number of para-hydroxylation sites is 1. The van der Waals surface area contributed by atoms with Gasteiger partial charge in [-0.05, 0) is 109 Å². The Balaban J connectivity index is 1.22. The highest BCUT2D eigenvalue weighted by Crippen LogP contribution is 2.56. The molecule has 0 amide bonds. The fourth-order valence-electron chi connectivity index (χ4n) is 7.61. The summed E-state index contributed by atoms with van der Waals surface area (Å²) in [6.45, 7) is 9.65. The van der Waals surface area contributed by atoms with Gasteiger partial charge in [-0.25, -0.2) is 0 Å². The number of anilines is 3.